The van der Waals surface area contributed by atoms with Gasteiger partial charge in [-0.1, -0.05) is 12.2 Å². The fraction of sp³-hybridized carbons (Fsp3) is 0.667. The molecule has 1 aliphatic rings. The minimum absolute atomic E-state index is 0.687. The molecular formula is C9H15N3S. The molecule has 1 aliphatic carbocycles. The van der Waals surface area contributed by atoms with Gasteiger partial charge in [0.05, 0.1) is 11.7 Å². The first-order valence-corrected chi connectivity index (χ1v) is 5.03. The van der Waals surface area contributed by atoms with E-state index in [0.717, 1.165) is 11.2 Å². The van der Waals surface area contributed by atoms with Gasteiger partial charge in [0, 0.05) is 6.54 Å². The highest BCUT2D eigenvalue weighted by Crippen LogP contribution is 2.35. The molecule has 13 heavy (non-hydrogen) atoms. The van der Waals surface area contributed by atoms with Gasteiger partial charge in [0.2, 0.25) is 0 Å². The second-order valence-corrected chi connectivity index (χ2v) is 4.39. The largest absolute Gasteiger partial charge is 0.304 e. The second-order valence-electron chi connectivity index (χ2n) is 3.95. The SMILES string of the molecule is CN(C)Cc1cc(=S)[nH]n1C1CC1. The number of aromatic nitrogens is 2. The van der Waals surface area contributed by atoms with Crippen LogP contribution in [0.2, 0.25) is 0 Å². The molecule has 72 valence electrons. The number of hydrogen-bond donors (Lipinski definition) is 1. The Morgan fingerprint density at radius 1 is 1.62 bits per heavy atom. The van der Waals surface area contributed by atoms with Gasteiger partial charge < -0.3 is 4.90 Å². The molecule has 2 rings (SSSR count). The number of nitrogens with one attached hydrogen (secondary N) is 1. The lowest BCUT2D eigenvalue weighted by atomic mass is 10.4. The van der Waals surface area contributed by atoms with Gasteiger partial charge in [-0.25, -0.2) is 0 Å². The lowest BCUT2D eigenvalue weighted by molar-refractivity contribution is 0.382. The summed E-state index contributed by atoms with van der Waals surface area (Å²) in [5.74, 6) is 0. The van der Waals surface area contributed by atoms with E-state index in [-0.39, 0.29) is 0 Å². The van der Waals surface area contributed by atoms with Crippen molar-refractivity contribution >= 4 is 12.2 Å². The van der Waals surface area contributed by atoms with Gasteiger partial charge in [0.25, 0.3) is 0 Å². The smallest absolute Gasteiger partial charge is 0.119 e. The number of aromatic amines is 1. The van der Waals surface area contributed by atoms with Crippen molar-refractivity contribution in [2.45, 2.75) is 25.4 Å². The normalized spacial score (nSPS) is 16.8. The van der Waals surface area contributed by atoms with E-state index < -0.39 is 0 Å². The molecule has 1 aromatic rings. The molecule has 0 saturated heterocycles. The van der Waals surface area contributed by atoms with Crippen LogP contribution in [0.25, 0.3) is 0 Å². The zero-order chi connectivity index (χ0) is 9.42. The third-order valence-corrected chi connectivity index (χ3v) is 2.44. The number of H-pyrrole nitrogens is 1. The monoisotopic (exact) mass is 197 g/mol. The molecule has 1 saturated carbocycles. The van der Waals surface area contributed by atoms with Crippen LogP contribution in [0.3, 0.4) is 0 Å². The topological polar surface area (TPSA) is 24.0 Å². The van der Waals surface area contributed by atoms with Crippen molar-refractivity contribution in [2.75, 3.05) is 14.1 Å². The Balaban J connectivity index is 2.26. The van der Waals surface area contributed by atoms with E-state index >= 15 is 0 Å². The van der Waals surface area contributed by atoms with E-state index in [1.54, 1.807) is 0 Å². The molecule has 0 aliphatic heterocycles. The predicted molar refractivity (Wildman–Crippen MR) is 55.3 cm³/mol. The van der Waals surface area contributed by atoms with Crippen LogP contribution in [0.5, 0.6) is 0 Å². The first-order chi connectivity index (χ1) is 6.16. The molecule has 0 unspecified atom stereocenters. The highest BCUT2D eigenvalue weighted by molar-refractivity contribution is 7.71. The fourth-order valence-corrected chi connectivity index (χ4v) is 1.78. The average molecular weight is 197 g/mol. The molecule has 1 heterocycles. The molecule has 0 atom stereocenters. The summed E-state index contributed by atoms with van der Waals surface area (Å²) in [7, 11) is 4.15. The van der Waals surface area contributed by atoms with Gasteiger partial charge in [-0.2, -0.15) is 0 Å². The van der Waals surface area contributed by atoms with Crippen LogP contribution in [0.15, 0.2) is 6.07 Å². The number of rotatable bonds is 3. The Kier molecular flexibility index (Phi) is 2.26. The quantitative estimate of drug-likeness (QED) is 0.749. The minimum atomic E-state index is 0.687. The van der Waals surface area contributed by atoms with Crippen molar-refractivity contribution in [1.82, 2.24) is 14.7 Å². The molecule has 3 nitrogen and oxygen atoms in total. The summed E-state index contributed by atoms with van der Waals surface area (Å²) in [5, 5.41) is 3.22. The maximum Gasteiger partial charge on any atom is 0.119 e. The fourth-order valence-electron chi connectivity index (χ4n) is 1.55. The van der Waals surface area contributed by atoms with Crippen LogP contribution in [-0.2, 0) is 6.54 Å². The average Bonchev–Trinajstić information content (AvgIpc) is 2.77. The molecule has 0 spiro atoms. The van der Waals surface area contributed by atoms with E-state index in [2.05, 4.69) is 34.8 Å². The van der Waals surface area contributed by atoms with Gasteiger partial charge in [-0.15, -0.1) is 0 Å². The molecular weight excluding hydrogens is 182 g/mol. The van der Waals surface area contributed by atoms with Crippen molar-refractivity contribution in [3.8, 4) is 0 Å². The molecule has 4 heteroatoms. The van der Waals surface area contributed by atoms with Crippen molar-refractivity contribution in [3.63, 3.8) is 0 Å². The van der Waals surface area contributed by atoms with Crippen molar-refractivity contribution in [2.24, 2.45) is 0 Å². The van der Waals surface area contributed by atoms with E-state index in [9.17, 15) is 0 Å². The van der Waals surface area contributed by atoms with E-state index in [1.165, 1.54) is 18.5 Å². The molecule has 1 aromatic heterocycles. The Bertz CT molecular complexity index is 346. The van der Waals surface area contributed by atoms with Crippen LogP contribution in [0, 0.1) is 4.64 Å². The third-order valence-electron chi connectivity index (χ3n) is 2.23. The van der Waals surface area contributed by atoms with Gasteiger partial charge in [0.15, 0.2) is 0 Å². The second kappa shape index (κ2) is 3.27. The van der Waals surface area contributed by atoms with Crippen LogP contribution < -0.4 is 0 Å². The Labute approximate surface area is 83.3 Å². The standard InChI is InChI=1S/C9H15N3S/c1-11(2)6-8-5-9(13)10-12(8)7-3-4-7/h5,7H,3-4,6H2,1-2H3,(H,10,13). The number of nitrogens with zero attached hydrogens (tertiary/aromatic N) is 2. The summed E-state index contributed by atoms with van der Waals surface area (Å²) < 4.78 is 3.08. The summed E-state index contributed by atoms with van der Waals surface area (Å²) in [6, 6.07) is 2.75. The van der Waals surface area contributed by atoms with Gasteiger partial charge in [-0.05, 0) is 33.0 Å². The predicted octanol–water partition coefficient (Wildman–Crippen LogP) is 1.94. The Morgan fingerprint density at radius 2 is 2.31 bits per heavy atom. The molecule has 0 aromatic carbocycles. The summed E-state index contributed by atoms with van der Waals surface area (Å²) in [5.41, 5.74) is 1.30. The highest BCUT2D eigenvalue weighted by atomic mass is 32.1. The molecule has 0 bridgehead atoms. The van der Waals surface area contributed by atoms with Crippen LogP contribution >= 0.6 is 12.2 Å². The summed E-state index contributed by atoms with van der Waals surface area (Å²) >= 11 is 5.13. The van der Waals surface area contributed by atoms with Gasteiger partial charge >= 0.3 is 0 Å². The third kappa shape index (κ3) is 2.00. The molecule has 1 fully saturated rings. The van der Waals surface area contributed by atoms with Crippen LogP contribution in [0.1, 0.15) is 24.6 Å². The van der Waals surface area contributed by atoms with Gasteiger partial charge in [0.1, 0.15) is 4.64 Å². The van der Waals surface area contributed by atoms with E-state index in [4.69, 9.17) is 12.2 Å². The first kappa shape index (κ1) is 8.97. The number of hydrogen-bond acceptors (Lipinski definition) is 2. The summed E-state index contributed by atoms with van der Waals surface area (Å²) in [4.78, 5) is 2.16. The lowest BCUT2D eigenvalue weighted by Gasteiger charge is -2.11. The Hall–Kier alpha value is -0.610. The summed E-state index contributed by atoms with van der Waals surface area (Å²) in [6.07, 6.45) is 2.58. The zero-order valence-corrected chi connectivity index (χ0v) is 8.90. The first-order valence-electron chi connectivity index (χ1n) is 4.62. The van der Waals surface area contributed by atoms with Crippen LogP contribution in [0.4, 0.5) is 0 Å². The lowest BCUT2D eigenvalue weighted by Crippen LogP contribution is -2.14. The minimum Gasteiger partial charge on any atom is -0.304 e. The van der Waals surface area contributed by atoms with E-state index in [0.29, 0.717) is 6.04 Å². The van der Waals surface area contributed by atoms with Crippen molar-refractivity contribution in [3.05, 3.63) is 16.4 Å². The highest BCUT2D eigenvalue weighted by Gasteiger charge is 2.25. The summed E-state index contributed by atoms with van der Waals surface area (Å²) in [6.45, 7) is 0.962. The zero-order valence-electron chi connectivity index (χ0n) is 8.08. The van der Waals surface area contributed by atoms with Crippen molar-refractivity contribution in [1.29, 1.82) is 0 Å². The molecule has 1 N–H and O–H groups in total. The van der Waals surface area contributed by atoms with E-state index in [1.807, 2.05) is 0 Å². The van der Waals surface area contributed by atoms with Gasteiger partial charge in [-0.3, -0.25) is 9.78 Å². The molecule has 0 radical (unpaired) electrons. The molecule has 0 amide bonds. The van der Waals surface area contributed by atoms with Crippen molar-refractivity contribution < 1.29 is 0 Å². The van der Waals surface area contributed by atoms with Crippen LogP contribution in [-0.4, -0.2) is 28.8 Å². The Morgan fingerprint density at radius 3 is 2.85 bits per heavy atom. The maximum absolute atomic E-state index is 5.13. The maximum atomic E-state index is 5.13.